The molecule has 0 aliphatic rings. The van der Waals surface area contributed by atoms with Gasteiger partial charge in [0.1, 0.15) is 6.61 Å². The molecule has 1 aromatic heterocycles. The lowest BCUT2D eigenvalue weighted by atomic mass is 10.2. The Kier molecular flexibility index (Phi) is 3.91. The molecule has 0 N–H and O–H groups in total. The largest absolute Gasteiger partial charge is 0.457 e. The van der Waals surface area contributed by atoms with Gasteiger partial charge >= 0.3 is 5.97 Å². The molecule has 19 heavy (non-hydrogen) atoms. The summed E-state index contributed by atoms with van der Waals surface area (Å²) < 4.78 is 5.11. The minimum atomic E-state index is -0.476. The van der Waals surface area contributed by atoms with Gasteiger partial charge in [0.05, 0.1) is 10.5 Å². The minimum Gasteiger partial charge on any atom is -0.457 e. The summed E-state index contributed by atoms with van der Waals surface area (Å²) in [4.78, 5) is 22.4. The summed E-state index contributed by atoms with van der Waals surface area (Å²) in [5.74, 6) is -0.440. The highest BCUT2D eigenvalue weighted by Crippen LogP contribution is 2.17. The van der Waals surface area contributed by atoms with Crippen LogP contribution in [0.25, 0.3) is 0 Å². The molecule has 1 aromatic carbocycles. The molecule has 1 radical (unpaired) electrons. The Morgan fingerprint density at radius 2 is 2.00 bits per heavy atom. The highest BCUT2D eigenvalue weighted by atomic mass is 32.1. The summed E-state index contributed by atoms with van der Waals surface area (Å²) in [5, 5.41) is 12.3. The summed E-state index contributed by atoms with van der Waals surface area (Å²) in [6, 6.07) is 7.53. The summed E-state index contributed by atoms with van der Waals surface area (Å²) in [5.41, 5.74) is 1.15. The van der Waals surface area contributed by atoms with Crippen LogP contribution in [0.3, 0.4) is 0 Å². The maximum atomic E-state index is 11.7. The molecule has 0 saturated carbocycles. The highest BCUT2D eigenvalue weighted by molar-refractivity contribution is 7.10. The second-order valence-electron chi connectivity index (χ2n) is 3.76. The van der Waals surface area contributed by atoms with E-state index in [1.807, 2.05) is 0 Å². The molecule has 0 unspecified atom stereocenters. The third-order valence-corrected chi connectivity index (χ3v) is 3.26. The Morgan fingerprint density at radius 1 is 1.32 bits per heavy atom. The van der Waals surface area contributed by atoms with E-state index in [1.165, 1.54) is 23.5 Å². The Hall–Kier alpha value is -2.21. The SMILES string of the molecule is [CH2]c1sccc1C(=O)OCc1ccc([N+](=O)[O-])cc1. The number of hydrogen-bond acceptors (Lipinski definition) is 5. The Balaban J connectivity index is 1.97. The summed E-state index contributed by atoms with van der Waals surface area (Å²) in [7, 11) is 0. The van der Waals surface area contributed by atoms with Gasteiger partial charge in [-0.05, 0) is 36.1 Å². The van der Waals surface area contributed by atoms with E-state index in [-0.39, 0.29) is 12.3 Å². The monoisotopic (exact) mass is 276 g/mol. The number of nitro benzene ring substituents is 1. The maximum absolute atomic E-state index is 11.7. The third kappa shape index (κ3) is 3.17. The number of nitrogens with zero attached hydrogens (tertiary/aromatic N) is 1. The Bertz CT molecular complexity index is 603. The van der Waals surface area contributed by atoms with Crippen molar-refractivity contribution in [2.24, 2.45) is 0 Å². The molecule has 97 valence electrons. The van der Waals surface area contributed by atoms with Gasteiger partial charge in [-0.1, -0.05) is 0 Å². The van der Waals surface area contributed by atoms with Gasteiger partial charge in [0, 0.05) is 17.0 Å². The lowest BCUT2D eigenvalue weighted by molar-refractivity contribution is -0.384. The fraction of sp³-hybridized carbons (Fsp3) is 0.0769. The van der Waals surface area contributed by atoms with Crippen molar-refractivity contribution in [3.05, 3.63) is 68.8 Å². The standard InChI is InChI=1S/C13H10NO4S/c1-9-12(6-7-19-9)13(15)18-8-10-2-4-11(5-3-10)14(16)17/h2-7H,1,8H2. The number of ether oxygens (including phenoxy) is 1. The number of non-ortho nitro benzene ring substituents is 1. The number of hydrogen-bond donors (Lipinski definition) is 0. The Morgan fingerprint density at radius 3 is 2.53 bits per heavy atom. The van der Waals surface area contributed by atoms with Crippen LogP contribution in [0.2, 0.25) is 0 Å². The first kappa shape index (κ1) is 13.2. The molecular weight excluding hydrogens is 266 g/mol. The average molecular weight is 276 g/mol. The molecule has 0 bridgehead atoms. The van der Waals surface area contributed by atoms with E-state index < -0.39 is 10.9 Å². The van der Waals surface area contributed by atoms with Crippen molar-refractivity contribution >= 4 is 23.0 Å². The van der Waals surface area contributed by atoms with Gasteiger partial charge in [0.15, 0.2) is 0 Å². The van der Waals surface area contributed by atoms with E-state index >= 15 is 0 Å². The van der Waals surface area contributed by atoms with E-state index in [9.17, 15) is 14.9 Å². The molecule has 2 aromatic rings. The normalized spacial score (nSPS) is 10.2. The first-order chi connectivity index (χ1) is 9.08. The van der Waals surface area contributed by atoms with Gasteiger partial charge in [-0.3, -0.25) is 10.1 Å². The predicted octanol–water partition coefficient (Wildman–Crippen LogP) is 3.20. The van der Waals surface area contributed by atoms with Gasteiger partial charge in [-0.25, -0.2) is 4.79 Å². The van der Waals surface area contributed by atoms with Crippen molar-refractivity contribution in [2.75, 3.05) is 0 Å². The van der Waals surface area contributed by atoms with Crippen LogP contribution < -0.4 is 0 Å². The summed E-state index contributed by atoms with van der Waals surface area (Å²) in [6.07, 6.45) is 0. The van der Waals surface area contributed by atoms with Crippen molar-refractivity contribution in [1.29, 1.82) is 0 Å². The van der Waals surface area contributed by atoms with Crippen molar-refractivity contribution in [2.45, 2.75) is 6.61 Å². The Labute approximate surface area is 113 Å². The van der Waals surface area contributed by atoms with Gasteiger partial charge in [-0.15, -0.1) is 11.3 Å². The van der Waals surface area contributed by atoms with Gasteiger partial charge in [-0.2, -0.15) is 0 Å². The predicted molar refractivity (Wildman–Crippen MR) is 71.0 cm³/mol. The van der Waals surface area contributed by atoms with Crippen LogP contribution in [0, 0.1) is 17.0 Å². The zero-order valence-corrected chi connectivity index (χ0v) is 10.7. The zero-order valence-electron chi connectivity index (χ0n) is 9.87. The molecule has 0 aliphatic carbocycles. The molecule has 1 heterocycles. The number of esters is 1. The smallest absolute Gasteiger partial charge is 0.339 e. The third-order valence-electron chi connectivity index (χ3n) is 2.48. The molecule has 0 spiro atoms. The second kappa shape index (κ2) is 5.62. The number of thiophene rings is 1. The lowest BCUT2D eigenvalue weighted by Crippen LogP contribution is -2.05. The van der Waals surface area contributed by atoms with Crippen molar-refractivity contribution in [3.8, 4) is 0 Å². The molecule has 0 saturated heterocycles. The zero-order chi connectivity index (χ0) is 13.8. The summed E-state index contributed by atoms with van der Waals surface area (Å²) >= 11 is 1.37. The minimum absolute atomic E-state index is 0.00737. The van der Waals surface area contributed by atoms with Crippen LogP contribution in [-0.4, -0.2) is 10.9 Å². The van der Waals surface area contributed by atoms with Gasteiger partial charge in [0.25, 0.3) is 5.69 Å². The van der Waals surface area contributed by atoms with E-state index in [0.29, 0.717) is 16.0 Å². The van der Waals surface area contributed by atoms with Crippen molar-refractivity contribution in [3.63, 3.8) is 0 Å². The van der Waals surface area contributed by atoms with Crippen LogP contribution in [0.1, 0.15) is 20.8 Å². The number of carbonyl (C=O) groups excluding carboxylic acids is 1. The summed E-state index contributed by atoms with van der Waals surface area (Å²) in [6.45, 7) is 3.81. The van der Waals surface area contributed by atoms with E-state index in [4.69, 9.17) is 4.74 Å². The molecule has 0 fully saturated rings. The molecule has 2 rings (SSSR count). The first-order valence-electron chi connectivity index (χ1n) is 5.38. The maximum Gasteiger partial charge on any atom is 0.339 e. The molecule has 0 atom stereocenters. The quantitative estimate of drug-likeness (QED) is 0.488. The fourth-order valence-corrected chi connectivity index (χ4v) is 2.11. The lowest BCUT2D eigenvalue weighted by Gasteiger charge is -2.04. The van der Waals surface area contributed by atoms with Crippen LogP contribution >= 0.6 is 11.3 Å². The molecule has 6 heteroatoms. The van der Waals surface area contributed by atoms with E-state index in [1.54, 1.807) is 23.6 Å². The molecule has 0 aliphatic heterocycles. The second-order valence-corrected chi connectivity index (χ2v) is 4.76. The van der Waals surface area contributed by atoms with Gasteiger partial charge in [0.2, 0.25) is 0 Å². The van der Waals surface area contributed by atoms with Gasteiger partial charge < -0.3 is 4.74 Å². The van der Waals surface area contributed by atoms with Crippen LogP contribution in [0.5, 0.6) is 0 Å². The molecule has 0 amide bonds. The van der Waals surface area contributed by atoms with E-state index in [0.717, 1.165) is 0 Å². The number of rotatable bonds is 4. The topological polar surface area (TPSA) is 69.4 Å². The van der Waals surface area contributed by atoms with E-state index in [2.05, 4.69) is 6.92 Å². The number of nitro groups is 1. The van der Waals surface area contributed by atoms with Crippen molar-refractivity contribution in [1.82, 2.24) is 0 Å². The first-order valence-corrected chi connectivity index (χ1v) is 6.26. The fourth-order valence-electron chi connectivity index (χ4n) is 1.46. The van der Waals surface area contributed by atoms with Crippen molar-refractivity contribution < 1.29 is 14.5 Å². The molecule has 5 nitrogen and oxygen atoms in total. The van der Waals surface area contributed by atoms with Crippen LogP contribution in [0.15, 0.2) is 35.7 Å². The number of carbonyl (C=O) groups is 1. The van der Waals surface area contributed by atoms with Crippen LogP contribution in [0.4, 0.5) is 5.69 Å². The number of benzene rings is 1. The molecular formula is C13H10NO4S. The average Bonchev–Trinajstić information content (AvgIpc) is 2.83. The van der Waals surface area contributed by atoms with Crippen LogP contribution in [-0.2, 0) is 11.3 Å². The highest BCUT2D eigenvalue weighted by Gasteiger charge is 2.12.